The molecule has 1 aliphatic heterocycles. The van der Waals surface area contributed by atoms with E-state index in [-0.39, 0.29) is 11.5 Å². The summed E-state index contributed by atoms with van der Waals surface area (Å²) in [6.07, 6.45) is 0. The van der Waals surface area contributed by atoms with E-state index in [0.29, 0.717) is 18.7 Å². The number of hydrogen-bond donors (Lipinski definition) is 1. The highest BCUT2D eigenvalue weighted by Crippen LogP contribution is 2.22. The molecule has 0 aliphatic carbocycles. The maximum absolute atomic E-state index is 14.0. The van der Waals surface area contributed by atoms with Crippen molar-refractivity contribution in [3.8, 4) is 0 Å². The van der Waals surface area contributed by atoms with Crippen LogP contribution >= 0.6 is 0 Å². The molecule has 0 radical (unpaired) electrons. The standard InChI is InChI=1S/C14H17FN2O2/c1-9-5-4-6-10(11(9)15)12(18)17-8-7-16-13(19)14(17,2)3/h4-6H,7-8H2,1-3H3,(H,16,19). The molecule has 0 atom stereocenters. The van der Waals surface area contributed by atoms with Crippen LogP contribution in [0, 0.1) is 12.7 Å². The Morgan fingerprint density at radius 2 is 2.11 bits per heavy atom. The SMILES string of the molecule is Cc1cccc(C(=O)N2CCNC(=O)C2(C)C)c1F. The fourth-order valence-electron chi connectivity index (χ4n) is 2.21. The Morgan fingerprint density at radius 3 is 2.79 bits per heavy atom. The largest absolute Gasteiger partial charge is 0.352 e. The molecule has 1 aromatic rings. The predicted octanol–water partition coefficient (Wildman–Crippen LogP) is 1.48. The van der Waals surface area contributed by atoms with Gasteiger partial charge < -0.3 is 10.2 Å². The van der Waals surface area contributed by atoms with Crippen molar-refractivity contribution >= 4 is 11.8 Å². The van der Waals surface area contributed by atoms with E-state index in [4.69, 9.17) is 0 Å². The van der Waals surface area contributed by atoms with Crippen LogP contribution in [-0.2, 0) is 4.79 Å². The molecule has 0 spiro atoms. The molecule has 102 valence electrons. The molecule has 0 bridgehead atoms. The summed E-state index contributed by atoms with van der Waals surface area (Å²) >= 11 is 0. The molecular formula is C14H17FN2O2. The second-order valence-electron chi connectivity index (χ2n) is 5.21. The van der Waals surface area contributed by atoms with Gasteiger partial charge in [-0.2, -0.15) is 0 Å². The second-order valence-corrected chi connectivity index (χ2v) is 5.21. The van der Waals surface area contributed by atoms with Crippen LogP contribution in [0.2, 0.25) is 0 Å². The maximum atomic E-state index is 14.0. The number of halogens is 1. The highest BCUT2D eigenvalue weighted by Gasteiger charge is 2.41. The van der Waals surface area contributed by atoms with Crippen molar-refractivity contribution in [2.24, 2.45) is 0 Å². The van der Waals surface area contributed by atoms with Gasteiger partial charge in [0.25, 0.3) is 5.91 Å². The molecule has 2 amide bonds. The van der Waals surface area contributed by atoms with Gasteiger partial charge in [0.1, 0.15) is 11.4 Å². The number of carbonyl (C=O) groups is 2. The summed E-state index contributed by atoms with van der Waals surface area (Å²) in [5, 5.41) is 2.71. The van der Waals surface area contributed by atoms with Crippen LogP contribution in [0.4, 0.5) is 4.39 Å². The Labute approximate surface area is 111 Å². The number of hydrogen-bond acceptors (Lipinski definition) is 2. The summed E-state index contributed by atoms with van der Waals surface area (Å²) < 4.78 is 14.0. The van der Waals surface area contributed by atoms with Crippen molar-refractivity contribution in [2.45, 2.75) is 26.3 Å². The molecule has 1 aliphatic rings. The lowest BCUT2D eigenvalue weighted by atomic mass is 9.97. The summed E-state index contributed by atoms with van der Waals surface area (Å²) in [7, 11) is 0. The first-order chi connectivity index (χ1) is 8.85. The van der Waals surface area contributed by atoms with E-state index in [1.807, 2.05) is 0 Å². The third-order valence-electron chi connectivity index (χ3n) is 3.52. The van der Waals surface area contributed by atoms with Crippen molar-refractivity contribution in [1.29, 1.82) is 0 Å². The van der Waals surface area contributed by atoms with Gasteiger partial charge >= 0.3 is 0 Å². The van der Waals surface area contributed by atoms with E-state index >= 15 is 0 Å². The number of carbonyl (C=O) groups excluding carboxylic acids is 2. The molecule has 1 heterocycles. The van der Waals surface area contributed by atoms with E-state index in [1.54, 1.807) is 32.9 Å². The monoisotopic (exact) mass is 264 g/mol. The van der Waals surface area contributed by atoms with Gasteiger partial charge in [0.2, 0.25) is 5.91 Å². The van der Waals surface area contributed by atoms with Crippen LogP contribution in [0.1, 0.15) is 29.8 Å². The summed E-state index contributed by atoms with van der Waals surface area (Å²) in [6.45, 7) is 5.70. The van der Waals surface area contributed by atoms with Crippen LogP contribution in [0.25, 0.3) is 0 Å². The number of benzene rings is 1. The average molecular weight is 264 g/mol. The van der Waals surface area contributed by atoms with Gasteiger partial charge in [-0.1, -0.05) is 12.1 Å². The Bertz CT molecular complexity index is 540. The molecule has 1 saturated heterocycles. The topological polar surface area (TPSA) is 49.4 Å². The minimum atomic E-state index is -0.967. The predicted molar refractivity (Wildman–Crippen MR) is 69.3 cm³/mol. The van der Waals surface area contributed by atoms with Gasteiger partial charge in [-0.15, -0.1) is 0 Å². The first kappa shape index (κ1) is 13.5. The first-order valence-corrected chi connectivity index (χ1v) is 6.21. The molecule has 5 heteroatoms. The summed E-state index contributed by atoms with van der Waals surface area (Å²) in [5.74, 6) is -1.18. The Balaban J connectivity index is 2.38. The molecule has 0 unspecified atom stereocenters. The molecule has 19 heavy (non-hydrogen) atoms. The molecule has 1 N–H and O–H groups in total. The van der Waals surface area contributed by atoms with Gasteiger partial charge in [-0.3, -0.25) is 9.59 Å². The first-order valence-electron chi connectivity index (χ1n) is 6.21. The van der Waals surface area contributed by atoms with Crippen molar-refractivity contribution in [3.05, 3.63) is 35.1 Å². The smallest absolute Gasteiger partial charge is 0.257 e. The summed E-state index contributed by atoms with van der Waals surface area (Å²) in [5.41, 5.74) is -0.529. The van der Waals surface area contributed by atoms with Gasteiger partial charge in [0.05, 0.1) is 5.56 Å². The second kappa shape index (κ2) is 4.64. The fourth-order valence-corrected chi connectivity index (χ4v) is 2.21. The number of piperazine rings is 1. The number of amides is 2. The highest BCUT2D eigenvalue weighted by atomic mass is 19.1. The zero-order valence-electron chi connectivity index (χ0n) is 11.3. The lowest BCUT2D eigenvalue weighted by Crippen LogP contribution is -2.63. The van der Waals surface area contributed by atoms with Crippen LogP contribution in [0.3, 0.4) is 0 Å². The van der Waals surface area contributed by atoms with Gasteiger partial charge in [0.15, 0.2) is 0 Å². The van der Waals surface area contributed by atoms with Crippen molar-refractivity contribution in [1.82, 2.24) is 10.2 Å². The lowest BCUT2D eigenvalue weighted by molar-refractivity contribution is -0.133. The number of nitrogens with one attached hydrogen (secondary N) is 1. The van der Waals surface area contributed by atoms with Crippen molar-refractivity contribution in [2.75, 3.05) is 13.1 Å². The molecule has 0 aromatic heterocycles. The molecule has 1 fully saturated rings. The molecule has 1 aromatic carbocycles. The van der Waals surface area contributed by atoms with Gasteiger partial charge in [-0.25, -0.2) is 4.39 Å². The highest BCUT2D eigenvalue weighted by molar-refractivity contribution is 6.00. The third-order valence-corrected chi connectivity index (χ3v) is 3.52. The number of rotatable bonds is 1. The minimum absolute atomic E-state index is 0.0165. The zero-order valence-corrected chi connectivity index (χ0v) is 11.3. The van der Waals surface area contributed by atoms with E-state index in [2.05, 4.69) is 5.32 Å². The van der Waals surface area contributed by atoms with Crippen LogP contribution in [-0.4, -0.2) is 35.3 Å². The van der Waals surface area contributed by atoms with E-state index < -0.39 is 17.3 Å². The van der Waals surface area contributed by atoms with Gasteiger partial charge in [-0.05, 0) is 32.4 Å². The molecule has 0 saturated carbocycles. The van der Waals surface area contributed by atoms with E-state index in [0.717, 1.165) is 0 Å². The minimum Gasteiger partial charge on any atom is -0.352 e. The third kappa shape index (κ3) is 2.20. The van der Waals surface area contributed by atoms with Gasteiger partial charge in [0, 0.05) is 13.1 Å². The van der Waals surface area contributed by atoms with E-state index in [1.165, 1.54) is 11.0 Å². The summed E-state index contributed by atoms with van der Waals surface area (Å²) in [4.78, 5) is 25.7. The number of nitrogens with zero attached hydrogens (tertiary/aromatic N) is 1. The van der Waals surface area contributed by atoms with E-state index in [9.17, 15) is 14.0 Å². The molecular weight excluding hydrogens is 247 g/mol. The Hall–Kier alpha value is -1.91. The summed E-state index contributed by atoms with van der Waals surface area (Å²) in [6, 6.07) is 4.70. The Kier molecular flexibility index (Phi) is 3.30. The number of aryl methyl sites for hydroxylation is 1. The Morgan fingerprint density at radius 1 is 1.42 bits per heavy atom. The van der Waals surface area contributed by atoms with Crippen LogP contribution < -0.4 is 5.32 Å². The van der Waals surface area contributed by atoms with Crippen LogP contribution in [0.15, 0.2) is 18.2 Å². The average Bonchev–Trinajstić information content (AvgIpc) is 2.35. The van der Waals surface area contributed by atoms with Crippen LogP contribution in [0.5, 0.6) is 0 Å². The van der Waals surface area contributed by atoms with Crippen molar-refractivity contribution < 1.29 is 14.0 Å². The zero-order chi connectivity index (χ0) is 14.2. The van der Waals surface area contributed by atoms with Crippen molar-refractivity contribution in [3.63, 3.8) is 0 Å². The normalized spacial score (nSPS) is 18.1. The molecule has 4 nitrogen and oxygen atoms in total. The fraction of sp³-hybridized carbons (Fsp3) is 0.429. The maximum Gasteiger partial charge on any atom is 0.257 e. The lowest BCUT2D eigenvalue weighted by Gasteiger charge is -2.41. The molecule has 2 rings (SSSR count). The quantitative estimate of drug-likeness (QED) is 0.835.